The Bertz CT molecular complexity index is 563. The smallest absolute Gasteiger partial charge is 0.0417 e. The van der Waals surface area contributed by atoms with Crippen molar-refractivity contribution in [1.29, 1.82) is 0 Å². The van der Waals surface area contributed by atoms with Crippen LogP contribution in [0.15, 0.2) is 47.4 Å². The summed E-state index contributed by atoms with van der Waals surface area (Å²) in [5, 5.41) is 0.776. The average Bonchev–Trinajstić information content (AvgIpc) is 2.35. The molecule has 0 aliphatic heterocycles. The number of hydrogen-bond acceptors (Lipinski definition) is 2. The third-order valence-corrected chi connectivity index (χ3v) is 4.46. The lowest BCUT2D eigenvalue weighted by Crippen LogP contribution is -2.25. The molecule has 0 saturated carbocycles. The molecule has 0 bridgehead atoms. The predicted molar refractivity (Wildman–Crippen MR) is 89.8 cm³/mol. The summed E-state index contributed by atoms with van der Waals surface area (Å²) in [5.41, 5.74) is 10.2. The number of halogens is 1. The van der Waals surface area contributed by atoms with E-state index < -0.39 is 0 Å². The van der Waals surface area contributed by atoms with E-state index in [1.165, 1.54) is 21.6 Å². The van der Waals surface area contributed by atoms with Gasteiger partial charge in [0.2, 0.25) is 0 Å². The van der Waals surface area contributed by atoms with Crippen LogP contribution in [0.4, 0.5) is 0 Å². The van der Waals surface area contributed by atoms with Crippen molar-refractivity contribution in [3.05, 3.63) is 64.2 Å². The Labute approximate surface area is 130 Å². The molecule has 0 saturated heterocycles. The molecule has 2 N–H and O–H groups in total. The summed E-state index contributed by atoms with van der Waals surface area (Å²) in [6, 6.07) is 14.7. The lowest BCUT2D eigenvalue weighted by molar-refractivity contribution is 0.747. The van der Waals surface area contributed by atoms with Crippen LogP contribution in [0.5, 0.6) is 0 Å². The molecule has 2 aromatic carbocycles. The van der Waals surface area contributed by atoms with Gasteiger partial charge in [0.05, 0.1) is 0 Å². The lowest BCUT2D eigenvalue weighted by atomic mass is 10.0. The van der Waals surface area contributed by atoms with Crippen LogP contribution in [0, 0.1) is 13.8 Å². The molecule has 0 aliphatic rings. The molecule has 0 aliphatic carbocycles. The molecule has 0 radical (unpaired) electrons. The maximum absolute atomic E-state index is 6.24. The summed E-state index contributed by atoms with van der Waals surface area (Å²) < 4.78 is 0. The van der Waals surface area contributed by atoms with E-state index in [1.54, 1.807) is 11.8 Å². The molecule has 20 heavy (non-hydrogen) atoms. The highest BCUT2D eigenvalue weighted by Gasteiger charge is 2.06. The second kappa shape index (κ2) is 7.16. The molecule has 106 valence electrons. The molecule has 0 fully saturated rings. The zero-order chi connectivity index (χ0) is 14.5. The molecule has 0 heterocycles. The van der Waals surface area contributed by atoms with Gasteiger partial charge in [0.25, 0.3) is 0 Å². The zero-order valence-corrected chi connectivity index (χ0v) is 13.5. The fraction of sp³-hybridized carbons (Fsp3) is 0.294. The van der Waals surface area contributed by atoms with Gasteiger partial charge in [-0.1, -0.05) is 47.0 Å². The van der Waals surface area contributed by atoms with Crippen LogP contribution in [-0.4, -0.2) is 11.8 Å². The molecule has 3 heteroatoms. The summed E-state index contributed by atoms with van der Waals surface area (Å²) in [4.78, 5) is 1.17. The Morgan fingerprint density at radius 3 is 2.45 bits per heavy atom. The van der Waals surface area contributed by atoms with E-state index >= 15 is 0 Å². The van der Waals surface area contributed by atoms with E-state index in [4.69, 9.17) is 17.3 Å². The SMILES string of the molecule is Cc1cc(C)cc(CC(N)CSc2cccc(Cl)c2)c1. The number of aryl methyl sites for hydroxylation is 2. The predicted octanol–water partition coefficient (Wildman–Crippen LogP) is 4.62. The van der Waals surface area contributed by atoms with Gasteiger partial charge in [0.1, 0.15) is 0 Å². The van der Waals surface area contributed by atoms with Gasteiger partial charge in [-0.05, 0) is 44.0 Å². The van der Waals surface area contributed by atoms with Crippen molar-refractivity contribution >= 4 is 23.4 Å². The van der Waals surface area contributed by atoms with Gasteiger partial charge in [0.15, 0.2) is 0 Å². The van der Waals surface area contributed by atoms with Crippen molar-refractivity contribution in [2.75, 3.05) is 5.75 Å². The normalized spacial score (nSPS) is 12.4. The lowest BCUT2D eigenvalue weighted by Gasteiger charge is -2.12. The second-order valence-corrected chi connectivity index (χ2v) is 6.76. The Balaban J connectivity index is 1.90. The Kier molecular flexibility index (Phi) is 5.53. The molecule has 1 unspecified atom stereocenters. The van der Waals surface area contributed by atoms with Gasteiger partial charge in [-0.2, -0.15) is 0 Å². The van der Waals surface area contributed by atoms with E-state index in [1.807, 2.05) is 18.2 Å². The fourth-order valence-electron chi connectivity index (χ4n) is 2.31. The summed E-state index contributed by atoms with van der Waals surface area (Å²) in [6.07, 6.45) is 0.913. The van der Waals surface area contributed by atoms with Gasteiger partial charge >= 0.3 is 0 Å². The standard InChI is InChI=1S/C17H20ClNS/c1-12-6-13(2)8-14(7-12)9-16(19)11-20-17-5-3-4-15(18)10-17/h3-8,10,16H,9,11,19H2,1-2H3. The summed E-state index contributed by atoms with van der Waals surface area (Å²) in [5.74, 6) is 0.896. The summed E-state index contributed by atoms with van der Waals surface area (Å²) >= 11 is 7.74. The highest BCUT2D eigenvalue weighted by molar-refractivity contribution is 7.99. The maximum atomic E-state index is 6.24. The summed E-state index contributed by atoms with van der Waals surface area (Å²) in [6.45, 7) is 4.26. The zero-order valence-electron chi connectivity index (χ0n) is 11.9. The topological polar surface area (TPSA) is 26.0 Å². The minimum Gasteiger partial charge on any atom is -0.327 e. The van der Waals surface area contributed by atoms with E-state index in [2.05, 4.69) is 38.1 Å². The van der Waals surface area contributed by atoms with Gasteiger partial charge in [-0.3, -0.25) is 0 Å². The highest BCUT2D eigenvalue weighted by Crippen LogP contribution is 2.22. The molecule has 0 amide bonds. The van der Waals surface area contributed by atoms with Crippen LogP contribution in [-0.2, 0) is 6.42 Å². The first-order valence-electron chi connectivity index (χ1n) is 6.74. The number of thioether (sulfide) groups is 1. The fourth-order valence-corrected chi connectivity index (χ4v) is 3.47. The van der Waals surface area contributed by atoms with E-state index in [9.17, 15) is 0 Å². The quantitative estimate of drug-likeness (QED) is 0.816. The first-order valence-corrected chi connectivity index (χ1v) is 8.10. The molecular weight excluding hydrogens is 286 g/mol. The molecule has 1 atom stereocenters. The van der Waals surface area contributed by atoms with Crippen LogP contribution in [0.2, 0.25) is 5.02 Å². The number of hydrogen-bond donors (Lipinski definition) is 1. The molecule has 2 rings (SSSR count). The van der Waals surface area contributed by atoms with E-state index in [0.29, 0.717) is 0 Å². The molecular formula is C17H20ClNS. The molecule has 0 aromatic heterocycles. The maximum Gasteiger partial charge on any atom is 0.0417 e. The number of nitrogens with two attached hydrogens (primary N) is 1. The van der Waals surface area contributed by atoms with Crippen molar-refractivity contribution in [3.8, 4) is 0 Å². The Morgan fingerprint density at radius 1 is 1.10 bits per heavy atom. The highest BCUT2D eigenvalue weighted by atomic mass is 35.5. The van der Waals surface area contributed by atoms with Crippen molar-refractivity contribution < 1.29 is 0 Å². The van der Waals surface area contributed by atoms with Gasteiger partial charge in [-0.25, -0.2) is 0 Å². The first-order chi connectivity index (χ1) is 9.52. The van der Waals surface area contributed by atoms with Gasteiger partial charge in [-0.15, -0.1) is 11.8 Å². The number of rotatable bonds is 5. The third kappa shape index (κ3) is 4.86. The monoisotopic (exact) mass is 305 g/mol. The van der Waals surface area contributed by atoms with Crippen LogP contribution in [0.3, 0.4) is 0 Å². The van der Waals surface area contributed by atoms with Gasteiger partial charge in [0, 0.05) is 21.7 Å². The third-order valence-electron chi connectivity index (χ3n) is 3.04. The Hall–Kier alpha value is -0.960. The van der Waals surface area contributed by atoms with Crippen LogP contribution < -0.4 is 5.73 Å². The average molecular weight is 306 g/mol. The minimum atomic E-state index is 0.153. The van der Waals surface area contributed by atoms with Crippen LogP contribution >= 0.6 is 23.4 Å². The van der Waals surface area contributed by atoms with Crippen molar-refractivity contribution in [2.24, 2.45) is 5.73 Å². The van der Waals surface area contributed by atoms with Crippen molar-refractivity contribution in [2.45, 2.75) is 31.2 Å². The minimum absolute atomic E-state index is 0.153. The summed E-state index contributed by atoms with van der Waals surface area (Å²) in [7, 11) is 0. The molecule has 0 spiro atoms. The van der Waals surface area contributed by atoms with Gasteiger partial charge < -0.3 is 5.73 Å². The Morgan fingerprint density at radius 2 is 1.80 bits per heavy atom. The van der Waals surface area contributed by atoms with E-state index in [-0.39, 0.29) is 6.04 Å². The largest absolute Gasteiger partial charge is 0.327 e. The van der Waals surface area contributed by atoms with Crippen molar-refractivity contribution in [3.63, 3.8) is 0 Å². The van der Waals surface area contributed by atoms with E-state index in [0.717, 1.165) is 17.2 Å². The van der Waals surface area contributed by atoms with Crippen molar-refractivity contribution in [1.82, 2.24) is 0 Å². The van der Waals surface area contributed by atoms with Crippen LogP contribution in [0.25, 0.3) is 0 Å². The van der Waals surface area contributed by atoms with Crippen LogP contribution in [0.1, 0.15) is 16.7 Å². The second-order valence-electron chi connectivity index (χ2n) is 5.23. The molecule has 2 aromatic rings. The first kappa shape index (κ1) is 15.4. The molecule has 1 nitrogen and oxygen atoms in total. The number of benzene rings is 2.